The van der Waals surface area contributed by atoms with Gasteiger partial charge < -0.3 is 14.8 Å². The van der Waals surface area contributed by atoms with Crippen LogP contribution in [0.5, 0.6) is 11.5 Å². The number of carbonyl (C=O) groups excluding carboxylic acids is 1. The van der Waals surface area contributed by atoms with Crippen LogP contribution >= 0.6 is 11.8 Å². The highest BCUT2D eigenvalue weighted by molar-refractivity contribution is 7.99. The summed E-state index contributed by atoms with van der Waals surface area (Å²) >= 11 is 1.41. The lowest BCUT2D eigenvalue weighted by molar-refractivity contribution is -0.115. The van der Waals surface area contributed by atoms with Gasteiger partial charge in [-0.05, 0) is 46.8 Å². The first-order chi connectivity index (χ1) is 13.2. The molecule has 0 bridgehead atoms. The summed E-state index contributed by atoms with van der Waals surface area (Å²) in [6.07, 6.45) is 0.318. The third-order valence-electron chi connectivity index (χ3n) is 3.70. The van der Waals surface area contributed by atoms with Gasteiger partial charge in [0.15, 0.2) is 0 Å². The molecule has 140 valence electrons. The number of thioether (sulfide) groups is 1. The van der Waals surface area contributed by atoms with E-state index in [-0.39, 0.29) is 5.91 Å². The Morgan fingerprint density at radius 2 is 1.89 bits per heavy atom. The number of hydrogen-bond donors (Lipinski definition) is 1. The molecule has 1 aromatic heterocycles. The molecule has 3 rings (SSSR count). The number of carbonyl (C=O) groups is 1. The highest BCUT2D eigenvalue weighted by Crippen LogP contribution is 2.24. The number of amides is 1. The zero-order chi connectivity index (χ0) is 19.1. The minimum absolute atomic E-state index is 0.101. The molecule has 1 heterocycles. The number of anilines is 1. The molecule has 0 aliphatic heterocycles. The van der Waals surface area contributed by atoms with Gasteiger partial charge in [0.2, 0.25) is 11.1 Å². The van der Waals surface area contributed by atoms with Gasteiger partial charge in [0.05, 0.1) is 25.6 Å². The summed E-state index contributed by atoms with van der Waals surface area (Å²) in [6.45, 7) is 0. The Labute approximate surface area is 160 Å². The maximum Gasteiger partial charge on any atom is 0.225 e. The second kappa shape index (κ2) is 9.04. The van der Waals surface area contributed by atoms with Gasteiger partial charge in [-0.15, -0.1) is 5.10 Å². The van der Waals surface area contributed by atoms with Gasteiger partial charge >= 0.3 is 0 Å². The van der Waals surface area contributed by atoms with Crippen molar-refractivity contribution >= 4 is 23.4 Å². The number of hydrogen-bond acceptors (Lipinski definition) is 7. The van der Waals surface area contributed by atoms with E-state index in [4.69, 9.17) is 9.47 Å². The van der Waals surface area contributed by atoms with Crippen LogP contribution in [-0.2, 0) is 4.79 Å². The summed E-state index contributed by atoms with van der Waals surface area (Å²) in [6, 6.07) is 14.7. The Balaban J connectivity index is 1.56. The average Bonchev–Trinajstić information content (AvgIpc) is 3.17. The lowest BCUT2D eigenvalue weighted by atomic mass is 10.3. The van der Waals surface area contributed by atoms with Crippen LogP contribution in [0.15, 0.2) is 53.7 Å². The number of rotatable bonds is 8. The van der Waals surface area contributed by atoms with Crippen LogP contribution in [-0.4, -0.2) is 46.1 Å². The van der Waals surface area contributed by atoms with E-state index in [0.717, 1.165) is 11.4 Å². The van der Waals surface area contributed by atoms with Gasteiger partial charge in [0, 0.05) is 12.2 Å². The Morgan fingerprint density at radius 1 is 1.11 bits per heavy atom. The topological polar surface area (TPSA) is 91.2 Å². The fourth-order valence-corrected chi connectivity index (χ4v) is 3.18. The van der Waals surface area contributed by atoms with Crippen molar-refractivity contribution in [2.75, 3.05) is 25.3 Å². The summed E-state index contributed by atoms with van der Waals surface area (Å²) in [5, 5.41) is 15.2. The number of nitrogens with zero attached hydrogens (tertiary/aromatic N) is 4. The highest BCUT2D eigenvalue weighted by Gasteiger charge is 2.11. The first-order valence-electron chi connectivity index (χ1n) is 8.19. The van der Waals surface area contributed by atoms with Crippen molar-refractivity contribution in [3.8, 4) is 17.2 Å². The van der Waals surface area contributed by atoms with Crippen molar-refractivity contribution in [3.05, 3.63) is 48.5 Å². The van der Waals surface area contributed by atoms with Gasteiger partial charge in [-0.1, -0.05) is 23.9 Å². The van der Waals surface area contributed by atoms with Crippen molar-refractivity contribution in [1.29, 1.82) is 0 Å². The quantitative estimate of drug-likeness (QED) is 0.596. The Hall–Kier alpha value is -3.07. The number of ether oxygens (including phenoxy) is 2. The van der Waals surface area contributed by atoms with E-state index in [9.17, 15) is 4.79 Å². The van der Waals surface area contributed by atoms with E-state index in [1.807, 2.05) is 36.4 Å². The molecule has 1 amide bonds. The van der Waals surface area contributed by atoms with Crippen LogP contribution in [0.25, 0.3) is 5.69 Å². The van der Waals surface area contributed by atoms with E-state index in [0.29, 0.717) is 28.8 Å². The van der Waals surface area contributed by atoms with E-state index < -0.39 is 0 Å². The van der Waals surface area contributed by atoms with Crippen molar-refractivity contribution in [1.82, 2.24) is 20.2 Å². The Bertz CT molecular complexity index is 898. The van der Waals surface area contributed by atoms with Crippen LogP contribution in [0.3, 0.4) is 0 Å². The number of aromatic nitrogens is 4. The minimum Gasteiger partial charge on any atom is -0.497 e. The van der Waals surface area contributed by atoms with Gasteiger partial charge in [0.1, 0.15) is 11.5 Å². The number of benzene rings is 2. The first-order valence-corrected chi connectivity index (χ1v) is 9.18. The second-order valence-corrected chi connectivity index (χ2v) is 6.48. The molecule has 0 saturated heterocycles. The molecule has 0 atom stereocenters. The molecular weight excluding hydrogens is 366 g/mol. The van der Waals surface area contributed by atoms with Crippen molar-refractivity contribution < 1.29 is 14.3 Å². The summed E-state index contributed by atoms with van der Waals surface area (Å²) in [5.41, 5.74) is 1.47. The van der Waals surface area contributed by atoms with E-state index in [1.165, 1.54) is 11.8 Å². The predicted molar refractivity (Wildman–Crippen MR) is 103 cm³/mol. The van der Waals surface area contributed by atoms with Crippen LogP contribution in [0.4, 0.5) is 5.69 Å². The normalized spacial score (nSPS) is 10.4. The maximum atomic E-state index is 12.2. The molecule has 1 N–H and O–H groups in total. The number of tetrazole rings is 1. The van der Waals surface area contributed by atoms with Crippen LogP contribution in [0.2, 0.25) is 0 Å². The third-order valence-corrected chi connectivity index (χ3v) is 4.62. The monoisotopic (exact) mass is 385 g/mol. The molecular formula is C18H19N5O3S. The summed E-state index contributed by atoms with van der Waals surface area (Å²) in [7, 11) is 3.18. The fraction of sp³-hybridized carbons (Fsp3) is 0.222. The van der Waals surface area contributed by atoms with E-state index in [1.54, 1.807) is 31.0 Å². The van der Waals surface area contributed by atoms with Gasteiger partial charge in [-0.3, -0.25) is 4.79 Å². The van der Waals surface area contributed by atoms with Crippen molar-refractivity contribution in [2.45, 2.75) is 11.6 Å². The Kier molecular flexibility index (Phi) is 6.26. The number of nitrogens with one attached hydrogen (secondary N) is 1. The summed E-state index contributed by atoms with van der Waals surface area (Å²) < 4.78 is 12.0. The molecule has 0 saturated carbocycles. The van der Waals surface area contributed by atoms with E-state index >= 15 is 0 Å². The van der Waals surface area contributed by atoms with Crippen molar-refractivity contribution in [2.24, 2.45) is 0 Å². The highest BCUT2D eigenvalue weighted by atomic mass is 32.2. The SMILES string of the molecule is COc1ccc(-n2nnnc2SCCC(=O)Nc2ccccc2OC)cc1. The van der Waals surface area contributed by atoms with Crippen molar-refractivity contribution in [3.63, 3.8) is 0 Å². The molecule has 0 aliphatic carbocycles. The molecule has 3 aromatic rings. The molecule has 0 aliphatic rings. The number of para-hydroxylation sites is 2. The van der Waals surface area contributed by atoms with Gasteiger partial charge in [-0.25, -0.2) is 0 Å². The minimum atomic E-state index is -0.101. The average molecular weight is 385 g/mol. The molecule has 27 heavy (non-hydrogen) atoms. The molecule has 8 nitrogen and oxygen atoms in total. The molecule has 0 fully saturated rings. The van der Waals surface area contributed by atoms with Gasteiger partial charge in [-0.2, -0.15) is 4.68 Å². The van der Waals surface area contributed by atoms with Crippen LogP contribution in [0, 0.1) is 0 Å². The lowest BCUT2D eigenvalue weighted by Crippen LogP contribution is -2.13. The predicted octanol–water partition coefficient (Wildman–Crippen LogP) is 2.80. The fourth-order valence-electron chi connectivity index (χ4n) is 2.35. The number of methoxy groups -OCH3 is 2. The smallest absolute Gasteiger partial charge is 0.225 e. The third kappa shape index (κ3) is 4.76. The summed E-state index contributed by atoms with van der Waals surface area (Å²) in [4.78, 5) is 12.2. The van der Waals surface area contributed by atoms with E-state index in [2.05, 4.69) is 20.8 Å². The Morgan fingerprint density at radius 3 is 2.63 bits per heavy atom. The zero-order valence-electron chi connectivity index (χ0n) is 15.0. The largest absolute Gasteiger partial charge is 0.497 e. The second-order valence-electron chi connectivity index (χ2n) is 5.42. The summed E-state index contributed by atoms with van der Waals surface area (Å²) in [5.74, 6) is 1.82. The molecule has 9 heteroatoms. The van der Waals surface area contributed by atoms with Crippen LogP contribution < -0.4 is 14.8 Å². The molecule has 2 aromatic carbocycles. The maximum absolute atomic E-state index is 12.2. The van der Waals surface area contributed by atoms with Gasteiger partial charge in [0.25, 0.3) is 0 Å². The standard InChI is InChI=1S/C18H19N5O3S/c1-25-14-9-7-13(8-10-14)23-18(20-21-22-23)27-12-11-17(24)19-15-5-3-4-6-16(15)26-2/h3-10H,11-12H2,1-2H3,(H,19,24). The van der Waals surface area contributed by atoms with Crippen LogP contribution in [0.1, 0.15) is 6.42 Å². The molecule has 0 spiro atoms. The first kappa shape index (κ1) is 18.7. The zero-order valence-corrected chi connectivity index (χ0v) is 15.8. The molecule has 0 unspecified atom stereocenters. The molecule has 0 radical (unpaired) electrons. The lowest BCUT2D eigenvalue weighted by Gasteiger charge is -2.09.